The highest BCUT2D eigenvalue weighted by atomic mass is 32.2. The lowest BCUT2D eigenvalue weighted by molar-refractivity contribution is -0.389. The van der Waals surface area contributed by atoms with E-state index < -0.39 is 16.2 Å². The first-order valence-corrected chi connectivity index (χ1v) is 7.70. The van der Waals surface area contributed by atoms with Crippen LogP contribution < -0.4 is 5.56 Å². The van der Waals surface area contributed by atoms with Crippen molar-refractivity contribution in [1.29, 1.82) is 0 Å². The molecule has 3 aromatic rings. The van der Waals surface area contributed by atoms with Gasteiger partial charge in [-0.1, -0.05) is 23.9 Å². The number of benzene rings is 1. The Balaban J connectivity index is 2.19. The minimum absolute atomic E-state index is 0.106. The summed E-state index contributed by atoms with van der Waals surface area (Å²) in [6.45, 7) is 3.96. The minimum atomic E-state index is -0.674. The second kappa shape index (κ2) is 5.85. The SMILES string of the molecule is Cc1ccc(Sc2nc3ccccn3c(=O)c2[N+](=O)[O-])cc1C. The summed E-state index contributed by atoms with van der Waals surface area (Å²) in [5.74, 6) is 0. The van der Waals surface area contributed by atoms with Crippen LogP contribution in [0.25, 0.3) is 5.65 Å². The van der Waals surface area contributed by atoms with Crippen LogP contribution in [0.3, 0.4) is 0 Å². The van der Waals surface area contributed by atoms with Crippen LogP contribution in [0.1, 0.15) is 11.1 Å². The molecule has 0 aliphatic heterocycles. The molecule has 0 N–H and O–H groups in total. The molecule has 23 heavy (non-hydrogen) atoms. The third-order valence-corrected chi connectivity index (χ3v) is 4.52. The molecule has 6 nitrogen and oxygen atoms in total. The molecule has 2 heterocycles. The van der Waals surface area contributed by atoms with Crippen LogP contribution in [-0.2, 0) is 0 Å². The molecule has 3 rings (SSSR count). The van der Waals surface area contributed by atoms with Crippen molar-refractivity contribution in [2.45, 2.75) is 23.8 Å². The van der Waals surface area contributed by atoms with E-state index in [0.717, 1.165) is 27.8 Å². The van der Waals surface area contributed by atoms with Crippen LogP contribution in [0.4, 0.5) is 5.69 Å². The van der Waals surface area contributed by atoms with E-state index in [2.05, 4.69) is 4.98 Å². The van der Waals surface area contributed by atoms with Gasteiger partial charge in [-0.15, -0.1) is 0 Å². The van der Waals surface area contributed by atoms with Crippen LogP contribution >= 0.6 is 11.8 Å². The molecule has 0 spiro atoms. The van der Waals surface area contributed by atoms with Gasteiger partial charge in [-0.3, -0.25) is 19.3 Å². The summed E-state index contributed by atoms with van der Waals surface area (Å²) < 4.78 is 1.18. The van der Waals surface area contributed by atoms with E-state index in [-0.39, 0.29) is 5.03 Å². The lowest BCUT2D eigenvalue weighted by Crippen LogP contribution is -2.19. The van der Waals surface area contributed by atoms with Crippen molar-refractivity contribution in [3.05, 3.63) is 74.2 Å². The Labute approximate surface area is 136 Å². The molecule has 0 atom stereocenters. The van der Waals surface area contributed by atoms with Gasteiger partial charge in [0.05, 0.1) is 4.92 Å². The van der Waals surface area contributed by atoms with E-state index >= 15 is 0 Å². The summed E-state index contributed by atoms with van der Waals surface area (Å²) in [6.07, 6.45) is 1.47. The Morgan fingerprint density at radius 3 is 2.65 bits per heavy atom. The average Bonchev–Trinajstić information content (AvgIpc) is 2.51. The summed E-state index contributed by atoms with van der Waals surface area (Å²) in [5, 5.41) is 11.4. The molecule has 1 aromatic carbocycles. The fraction of sp³-hybridized carbons (Fsp3) is 0.125. The molecule has 0 saturated carbocycles. The molecular formula is C16H13N3O3S. The van der Waals surface area contributed by atoms with Crippen molar-refractivity contribution in [2.75, 3.05) is 0 Å². The van der Waals surface area contributed by atoms with E-state index in [1.165, 1.54) is 10.6 Å². The Kier molecular flexibility index (Phi) is 3.87. The zero-order chi connectivity index (χ0) is 16.6. The minimum Gasteiger partial charge on any atom is -0.262 e. The van der Waals surface area contributed by atoms with Crippen LogP contribution in [0.15, 0.2) is 57.3 Å². The number of nitrogens with zero attached hydrogens (tertiary/aromatic N) is 3. The molecule has 0 unspecified atom stereocenters. The maximum atomic E-state index is 12.4. The fourth-order valence-electron chi connectivity index (χ4n) is 2.18. The Bertz CT molecular complexity index is 982. The quantitative estimate of drug-likeness (QED) is 0.419. The maximum Gasteiger partial charge on any atom is 0.366 e. The van der Waals surface area contributed by atoms with Gasteiger partial charge >= 0.3 is 11.2 Å². The van der Waals surface area contributed by atoms with Gasteiger partial charge < -0.3 is 0 Å². The second-order valence-corrected chi connectivity index (χ2v) is 6.17. The van der Waals surface area contributed by atoms with Crippen LogP contribution in [-0.4, -0.2) is 14.3 Å². The first kappa shape index (κ1) is 15.2. The summed E-state index contributed by atoms with van der Waals surface area (Å²) >= 11 is 1.13. The van der Waals surface area contributed by atoms with Gasteiger partial charge in [0.1, 0.15) is 5.65 Å². The van der Waals surface area contributed by atoms with Crippen molar-refractivity contribution in [2.24, 2.45) is 0 Å². The first-order chi connectivity index (χ1) is 11.0. The lowest BCUT2D eigenvalue weighted by atomic mass is 10.1. The number of pyridine rings is 1. The molecule has 0 bridgehead atoms. The van der Waals surface area contributed by atoms with Gasteiger partial charge in [0.25, 0.3) is 0 Å². The number of nitro groups is 1. The zero-order valence-corrected chi connectivity index (χ0v) is 13.3. The number of aromatic nitrogens is 2. The highest BCUT2D eigenvalue weighted by Crippen LogP contribution is 2.32. The maximum absolute atomic E-state index is 12.4. The molecule has 0 amide bonds. The normalized spacial score (nSPS) is 10.9. The molecule has 0 fully saturated rings. The van der Waals surface area contributed by atoms with Crippen LogP contribution in [0.2, 0.25) is 0 Å². The van der Waals surface area contributed by atoms with Crippen LogP contribution in [0.5, 0.6) is 0 Å². The van der Waals surface area contributed by atoms with Crippen molar-refractivity contribution < 1.29 is 4.92 Å². The van der Waals surface area contributed by atoms with E-state index in [1.807, 2.05) is 32.0 Å². The Hall–Kier alpha value is -2.67. The molecule has 0 saturated heterocycles. The summed E-state index contributed by atoms with van der Waals surface area (Å²) in [4.78, 5) is 28.1. The van der Waals surface area contributed by atoms with Crippen molar-refractivity contribution in [3.63, 3.8) is 0 Å². The summed E-state index contributed by atoms with van der Waals surface area (Å²) in [7, 11) is 0. The monoisotopic (exact) mass is 327 g/mol. The smallest absolute Gasteiger partial charge is 0.262 e. The molecule has 0 aliphatic rings. The molecule has 0 radical (unpaired) electrons. The number of rotatable bonds is 3. The predicted molar refractivity (Wildman–Crippen MR) is 88.2 cm³/mol. The number of hydrogen-bond acceptors (Lipinski definition) is 5. The van der Waals surface area contributed by atoms with Crippen LogP contribution in [0, 0.1) is 24.0 Å². The molecule has 116 valence electrons. The lowest BCUT2D eigenvalue weighted by Gasteiger charge is -2.06. The highest BCUT2D eigenvalue weighted by Gasteiger charge is 2.24. The van der Waals surface area contributed by atoms with E-state index in [9.17, 15) is 14.9 Å². The second-order valence-electron chi connectivity index (χ2n) is 5.10. The highest BCUT2D eigenvalue weighted by molar-refractivity contribution is 7.99. The predicted octanol–water partition coefficient (Wildman–Crippen LogP) is 3.37. The Morgan fingerprint density at radius 1 is 1.17 bits per heavy atom. The number of hydrogen-bond donors (Lipinski definition) is 0. The molecule has 7 heteroatoms. The van der Waals surface area contributed by atoms with Gasteiger partial charge in [-0.25, -0.2) is 4.98 Å². The summed E-state index contributed by atoms with van der Waals surface area (Å²) in [6, 6.07) is 10.8. The van der Waals surface area contributed by atoms with Crippen molar-refractivity contribution in [3.8, 4) is 0 Å². The fourth-order valence-corrected chi connectivity index (χ4v) is 3.17. The van der Waals surface area contributed by atoms with Gasteiger partial charge in [0, 0.05) is 11.1 Å². The Morgan fingerprint density at radius 2 is 1.96 bits per heavy atom. The number of fused-ring (bicyclic) bond motifs is 1. The summed E-state index contributed by atoms with van der Waals surface area (Å²) in [5.41, 5.74) is 1.42. The van der Waals surface area contributed by atoms with Gasteiger partial charge in [0.15, 0.2) is 5.03 Å². The van der Waals surface area contributed by atoms with E-state index in [1.54, 1.807) is 18.2 Å². The third-order valence-electron chi connectivity index (χ3n) is 3.55. The molecule has 0 aliphatic carbocycles. The zero-order valence-electron chi connectivity index (χ0n) is 12.5. The van der Waals surface area contributed by atoms with E-state index in [4.69, 9.17) is 0 Å². The number of aryl methyl sites for hydroxylation is 2. The largest absolute Gasteiger partial charge is 0.366 e. The third kappa shape index (κ3) is 2.83. The topological polar surface area (TPSA) is 77.5 Å². The van der Waals surface area contributed by atoms with Crippen molar-refractivity contribution >= 4 is 23.1 Å². The van der Waals surface area contributed by atoms with E-state index in [0.29, 0.717) is 5.65 Å². The van der Waals surface area contributed by atoms with Crippen molar-refractivity contribution in [1.82, 2.24) is 9.38 Å². The van der Waals surface area contributed by atoms with Gasteiger partial charge in [-0.2, -0.15) is 0 Å². The molecular weight excluding hydrogens is 314 g/mol. The van der Waals surface area contributed by atoms with Gasteiger partial charge in [-0.05, 0) is 49.2 Å². The molecule has 2 aromatic heterocycles. The van der Waals surface area contributed by atoms with Gasteiger partial charge in [0.2, 0.25) is 0 Å². The standard InChI is InChI=1S/C16H13N3O3S/c1-10-6-7-12(9-11(10)2)23-15-14(19(21)22)16(20)18-8-4-3-5-13(18)17-15/h3-9H,1-2H3. The average molecular weight is 327 g/mol. The first-order valence-electron chi connectivity index (χ1n) is 6.88.